The molecule has 3 heterocycles. The van der Waals surface area contributed by atoms with Crippen LogP contribution in [-0.2, 0) is 19.6 Å². The molecule has 0 aliphatic heterocycles. The lowest BCUT2D eigenvalue weighted by Crippen LogP contribution is -2.20. The monoisotopic (exact) mass is 337 g/mol. The van der Waals surface area contributed by atoms with Crippen molar-refractivity contribution in [2.24, 2.45) is 7.05 Å². The average Bonchev–Trinajstić information content (AvgIpc) is 3.14. The van der Waals surface area contributed by atoms with Gasteiger partial charge in [-0.1, -0.05) is 0 Å². The second-order valence-electron chi connectivity index (χ2n) is 5.76. The molecular formula is C14H14F3N7. The van der Waals surface area contributed by atoms with Gasteiger partial charge in [-0.3, -0.25) is 4.68 Å². The van der Waals surface area contributed by atoms with Gasteiger partial charge in [0.25, 0.3) is 5.78 Å². The number of nitrogens with zero attached hydrogens (tertiary/aromatic N) is 6. The van der Waals surface area contributed by atoms with Crippen LogP contribution in [0.15, 0.2) is 18.6 Å². The number of anilines is 1. The zero-order chi connectivity index (χ0) is 16.9. The van der Waals surface area contributed by atoms with Gasteiger partial charge < -0.3 is 5.32 Å². The molecule has 10 heteroatoms. The fourth-order valence-electron chi connectivity index (χ4n) is 3.09. The van der Waals surface area contributed by atoms with Crippen molar-refractivity contribution in [3.63, 3.8) is 0 Å². The SMILES string of the molecule is Cn1ncc2c1CCC[C@@H]2Nc1cc(C(F)(F)F)nc2ncnn12. The number of alkyl halides is 3. The molecule has 0 saturated carbocycles. The summed E-state index contributed by atoms with van der Waals surface area (Å²) in [6.45, 7) is 0. The Balaban J connectivity index is 1.76. The summed E-state index contributed by atoms with van der Waals surface area (Å²) in [6, 6.07) is 0.838. The van der Waals surface area contributed by atoms with Gasteiger partial charge in [0.05, 0.1) is 12.2 Å². The third-order valence-electron chi connectivity index (χ3n) is 4.24. The molecule has 24 heavy (non-hydrogen) atoms. The van der Waals surface area contributed by atoms with E-state index >= 15 is 0 Å². The number of fused-ring (bicyclic) bond motifs is 2. The molecule has 3 aromatic heterocycles. The summed E-state index contributed by atoms with van der Waals surface area (Å²) in [6.07, 6.45) is 1.05. The number of rotatable bonds is 2. The second-order valence-corrected chi connectivity index (χ2v) is 5.76. The fraction of sp³-hybridized carbons (Fsp3) is 0.429. The van der Waals surface area contributed by atoms with Crippen molar-refractivity contribution < 1.29 is 13.2 Å². The molecule has 0 saturated heterocycles. The van der Waals surface area contributed by atoms with Crippen LogP contribution in [0.5, 0.6) is 0 Å². The van der Waals surface area contributed by atoms with Crippen LogP contribution in [0, 0.1) is 0 Å². The van der Waals surface area contributed by atoms with Crippen molar-refractivity contribution in [1.82, 2.24) is 29.4 Å². The smallest absolute Gasteiger partial charge is 0.363 e. The molecule has 1 N–H and O–H groups in total. The maximum Gasteiger partial charge on any atom is 0.433 e. The van der Waals surface area contributed by atoms with Gasteiger partial charge in [0.2, 0.25) is 0 Å². The number of aryl methyl sites for hydroxylation is 1. The zero-order valence-corrected chi connectivity index (χ0v) is 12.7. The Hall–Kier alpha value is -2.65. The molecule has 1 atom stereocenters. The van der Waals surface area contributed by atoms with Crippen LogP contribution in [0.4, 0.5) is 19.0 Å². The van der Waals surface area contributed by atoms with Gasteiger partial charge in [0.1, 0.15) is 12.1 Å². The Kier molecular flexibility index (Phi) is 3.22. The van der Waals surface area contributed by atoms with E-state index in [2.05, 4.69) is 25.5 Å². The minimum Gasteiger partial charge on any atom is -0.363 e. The lowest BCUT2D eigenvalue weighted by molar-refractivity contribution is -0.141. The van der Waals surface area contributed by atoms with Gasteiger partial charge in [-0.2, -0.15) is 32.9 Å². The molecule has 0 bridgehead atoms. The molecule has 0 fully saturated rings. The predicted molar refractivity (Wildman–Crippen MR) is 78.3 cm³/mol. The predicted octanol–water partition coefficient (Wildman–Crippen LogP) is 2.37. The minimum atomic E-state index is -4.55. The lowest BCUT2D eigenvalue weighted by Gasteiger charge is -2.25. The van der Waals surface area contributed by atoms with Gasteiger partial charge in [-0.15, -0.1) is 0 Å². The Morgan fingerprint density at radius 1 is 1.29 bits per heavy atom. The van der Waals surface area contributed by atoms with Crippen LogP contribution < -0.4 is 5.32 Å². The van der Waals surface area contributed by atoms with E-state index in [0.29, 0.717) is 0 Å². The first-order valence-corrected chi connectivity index (χ1v) is 7.49. The summed E-state index contributed by atoms with van der Waals surface area (Å²) in [5.74, 6) is 0.126. The number of nitrogens with one attached hydrogen (secondary N) is 1. The van der Waals surface area contributed by atoms with Crippen LogP contribution in [0.2, 0.25) is 0 Å². The summed E-state index contributed by atoms with van der Waals surface area (Å²) in [7, 11) is 1.87. The van der Waals surface area contributed by atoms with Crippen molar-refractivity contribution >= 4 is 11.6 Å². The number of halogens is 3. The van der Waals surface area contributed by atoms with Crippen molar-refractivity contribution in [1.29, 1.82) is 0 Å². The summed E-state index contributed by atoms with van der Waals surface area (Å²) >= 11 is 0. The van der Waals surface area contributed by atoms with Gasteiger partial charge >= 0.3 is 6.18 Å². The lowest BCUT2D eigenvalue weighted by atomic mass is 9.93. The molecule has 0 amide bonds. The standard InChI is InChI=1S/C14H14F3N7/c1-23-10-4-2-3-9(8(10)6-19-23)21-12-5-11(14(15,16)17)22-13-18-7-20-24(12)13/h5-7,9,21H,2-4H2,1H3/t9-/m0/s1. The van der Waals surface area contributed by atoms with Crippen molar-refractivity contribution in [3.8, 4) is 0 Å². The Labute approximate surface area is 134 Å². The molecule has 7 nitrogen and oxygen atoms in total. The van der Waals surface area contributed by atoms with Crippen LogP contribution in [0.1, 0.15) is 35.8 Å². The molecule has 0 spiro atoms. The largest absolute Gasteiger partial charge is 0.433 e. The minimum absolute atomic E-state index is 0.0884. The van der Waals surface area contributed by atoms with E-state index in [1.807, 2.05) is 11.7 Å². The van der Waals surface area contributed by atoms with E-state index < -0.39 is 11.9 Å². The van der Waals surface area contributed by atoms with Crippen LogP contribution >= 0.6 is 0 Å². The van der Waals surface area contributed by atoms with Crippen LogP contribution in [0.3, 0.4) is 0 Å². The van der Waals surface area contributed by atoms with E-state index in [-0.39, 0.29) is 17.6 Å². The molecular weight excluding hydrogens is 323 g/mol. The summed E-state index contributed by atoms with van der Waals surface area (Å²) in [5, 5.41) is 11.4. The quantitative estimate of drug-likeness (QED) is 0.777. The zero-order valence-electron chi connectivity index (χ0n) is 12.7. The molecule has 1 aliphatic rings. The van der Waals surface area contributed by atoms with Crippen LogP contribution in [0.25, 0.3) is 5.78 Å². The molecule has 0 unspecified atom stereocenters. The van der Waals surface area contributed by atoms with Gasteiger partial charge in [-0.25, -0.2) is 4.98 Å². The molecule has 1 aliphatic carbocycles. The summed E-state index contributed by atoms with van der Waals surface area (Å²) < 4.78 is 42.3. The third-order valence-corrected chi connectivity index (χ3v) is 4.24. The van der Waals surface area contributed by atoms with E-state index in [9.17, 15) is 13.2 Å². The highest BCUT2D eigenvalue weighted by atomic mass is 19.4. The average molecular weight is 337 g/mol. The van der Waals surface area contributed by atoms with Gasteiger partial charge in [0, 0.05) is 24.4 Å². The van der Waals surface area contributed by atoms with Crippen molar-refractivity contribution in [2.75, 3.05) is 5.32 Å². The second kappa shape index (κ2) is 5.18. The molecule has 3 aromatic rings. The third kappa shape index (κ3) is 2.38. The highest BCUT2D eigenvalue weighted by Crippen LogP contribution is 2.34. The van der Waals surface area contributed by atoms with E-state index in [4.69, 9.17) is 0 Å². The maximum absolute atomic E-state index is 13.1. The first-order chi connectivity index (χ1) is 11.4. The summed E-state index contributed by atoms with van der Waals surface area (Å²) in [4.78, 5) is 7.30. The van der Waals surface area contributed by atoms with E-state index in [1.54, 1.807) is 6.20 Å². The summed E-state index contributed by atoms with van der Waals surface area (Å²) in [5.41, 5.74) is 1.11. The first kappa shape index (κ1) is 14.9. The number of aromatic nitrogens is 6. The first-order valence-electron chi connectivity index (χ1n) is 7.49. The van der Waals surface area contributed by atoms with Crippen molar-refractivity contribution in [2.45, 2.75) is 31.5 Å². The molecule has 126 valence electrons. The maximum atomic E-state index is 13.1. The highest BCUT2D eigenvalue weighted by Gasteiger charge is 2.34. The molecule has 0 aromatic carbocycles. The number of hydrogen-bond acceptors (Lipinski definition) is 5. The fourth-order valence-corrected chi connectivity index (χ4v) is 3.09. The van der Waals surface area contributed by atoms with E-state index in [0.717, 1.165) is 36.6 Å². The Bertz CT molecular complexity index is 896. The molecule has 4 rings (SSSR count). The highest BCUT2D eigenvalue weighted by molar-refractivity contribution is 5.48. The van der Waals surface area contributed by atoms with Crippen LogP contribution in [-0.4, -0.2) is 29.4 Å². The van der Waals surface area contributed by atoms with Gasteiger partial charge in [0.15, 0.2) is 5.69 Å². The molecule has 0 radical (unpaired) electrons. The van der Waals surface area contributed by atoms with Crippen molar-refractivity contribution in [3.05, 3.63) is 35.5 Å². The Morgan fingerprint density at radius 2 is 2.12 bits per heavy atom. The normalized spacial score (nSPS) is 17.9. The number of hydrogen-bond donors (Lipinski definition) is 1. The Morgan fingerprint density at radius 3 is 2.92 bits per heavy atom. The topological polar surface area (TPSA) is 72.9 Å². The van der Waals surface area contributed by atoms with E-state index in [1.165, 1.54) is 10.8 Å². The van der Waals surface area contributed by atoms with Gasteiger partial charge in [-0.05, 0) is 19.3 Å².